The monoisotopic (exact) mass is 404 g/mol. The van der Waals surface area contributed by atoms with E-state index in [0.717, 1.165) is 27.7 Å². The van der Waals surface area contributed by atoms with Gasteiger partial charge in [-0.15, -0.1) is 11.8 Å². The van der Waals surface area contributed by atoms with Crippen LogP contribution in [0.4, 0.5) is 0 Å². The number of hydrazone groups is 1. The minimum Gasteiger partial charge on any atom is -0.357 e. The van der Waals surface area contributed by atoms with Crippen LogP contribution in [0.5, 0.6) is 0 Å². The number of nitrogens with zero attached hydrogens (tertiary/aromatic N) is 3. The van der Waals surface area contributed by atoms with Gasteiger partial charge in [0.1, 0.15) is 12.6 Å². The number of hydrogen-bond donors (Lipinski definition) is 1. The number of hydrogen-bond acceptors (Lipinski definition) is 4. The maximum absolute atomic E-state index is 13.1. The van der Waals surface area contributed by atoms with E-state index in [4.69, 9.17) is 0 Å². The zero-order chi connectivity index (χ0) is 20.0. The number of para-hydroxylation sites is 1. The molecule has 2 aliphatic rings. The Balaban J connectivity index is 1.41. The fourth-order valence-electron chi connectivity index (χ4n) is 4.08. The summed E-state index contributed by atoms with van der Waals surface area (Å²) < 4.78 is 0. The summed E-state index contributed by atoms with van der Waals surface area (Å²) in [6, 6.07) is 15.5. The lowest BCUT2D eigenvalue weighted by molar-refractivity contribution is -0.157. The molecule has 3 heterocycles. The molecule has 1 atom stereocenters. The van der Waals surface area contributed by atoms with E-state index in [1.165, 1.54) is 9.90 Å². The number of aromatic amines is 1. The molecule has 0 radical (unpaired) electrons. The van der Waals surface area contributed by atoms with Crippen molar-refractivity contribution in [1.29, 1.82) is 0 Å². The first kappa shape index (κ1) is 18.0. The van der Waals surface area contributed by atoms with E-state index < -0.39 is 6.04 Å². The molecule has 1 saturated heterocycles. The highest BCUT2D eigenvalue weighted by molar-refractivity contribution is 7.98. The Morgan fingerprint density at radius 3 is 2.69 bits per heavy atom. The summed E-state index contributed by atoms with van der Waals surface area (Å²) in [4.78, 5) is 32.1. The highest BCUT2D eigenvalue weighted by Crippen LogP contribution is 2.32. The second-order valence-electron chi connectivity index (χ2n) is 7.28. The standard InChI is InChI=1S/C22H20N4O2S/c1-29-15-8-6-14(7-9-15)11-23-26-13-21(27)25-12-19-17(10-20(25)22(26)28)16-4-2-3-5-18(16)24-19/h2-9,11,20,24H,10,12-13H2,1H3/b23-11+. The van der Waals surface area contributed by atoms with Crippen molar-refractivity contribution >= 4 is 40.7 Å². The van der Waals surface area contributed by atoms with Crippen LogP contribution in [0.3, 0.4) is 0 Å². The Morgan fingerprint density at radius 1 is 1.10 bits per heavy atom. The maximum Gasteiger partial charge on any atom is 0.266 e. The van der Waals surface area contributed by atoms with Crippen LogP contribution in [-0.4, -0.2) is 51.8 Å². The molecule has 1 aromatic heterocycles. The highest BCUT2D eigenvalue weighted by Gasteiger charge is 2.43. The number of rotatable bonds is 3. The SMILES string of the molecule is CSc1ccc(/C=N/N2CC(=O)N3Cc4[nH]c5ccccc5c4CC3C2=O)cc1. The molecular weight excluding hydrogens is 384 g/mol. The lowest BCUT2D eigenvalue weighted by Gasteiger charge is -2.40. The van der Waals surface area contributed by atoms with E-state index in [1.807, 2.05) is 48.7 Å². The van der Waals surface area contributed by atoms with Crippen molar-refractivity contribution in [2.45, 2.75) is 23.9 Å². The molecule has 3 aromatic rings. The van der Waals surface area contributed by atoms with Gasteiger partial charge in [0, 0.05) is 27.9 Å². The normalized spacial score (nSPS) is 19.1. The molecule has 1 N–H and O–H groups in total. The Hall–Kier alpha value is -3.06. The number of carbonyl (C=O) groups is 2. The summed E-state index contributed by atoms with van der Waals surface area (Å²) in [6.07, 6.45) is 4.18. The third kappa shape index (κ3) is 3.11. The smallest absolute Gasteiger partial charge is 0.266 e. The number of thioether (sulfide) groups is 1. The third-order valence-corrected chi connectivity index (χ3v) is 6.35. The molecule has 1 unspecified atom stereocenters. The van der Waals surface area contributed by atoms with Crippen LogP contribution in [0.1, 0.15) is 16.8 Å². The lowest BCUT2D eigenvalue weighted by Crippen LogP contribution is -2.60. The van der Waals surface area contributed by atoms with Crippen LogP contribution in [0, 0.1) is 0 Å². The Bertz CT molecular complexity index is 1140. The lowest BCUT2D eigenvalue weighted by atomic mass is 9.94. The van der Waals surface area contributed by atoms with Crippen molar-refractivity contribution in [3.63, 3.8) is 0 Å². The van der Waals surface area contributed by atoms with Gasteiger partial charge in [-0.2, -0.15) is 5.10 Å². The summed E-state index contributed by atoms with van der Waals surface area (Å²) >= 11 is 1.67. The molecule has 2 aliphatic heterocycles. The van der Waals surface area contributed by atoms with Crippen molar-refractivity contribution < 1.29 is 9.59 Å². The summed E-state index contributed by atoms with van der Waals surface area (Å²) in [6.45, 7) is 0.414. The molecule has 0 bridgehead atoms. The first-order valence-electron chi connectivity index (χ1n) is 9.51. The summed E-state index contributed by atoms with van der Waals surface area (Å²) in [5.74, 6) is -0.202. The van der Waals surface area contributed by atoms with Crippen LogP contribution >= 0.6 is 11.8 Å². The minimum absolute atomic E-state index is 0.0235. The Labute approximate surface area is 172 Å². The van der Waals surface area contributed by atoms with Gasteiger partial charge in [-0.1, -0.05) is 30.3 Å². The quantitative estimate of drug-likeness (QED) is 0.539. The molecule has 0 spiro atoms. The van der Waals surface area contributed by atoms with Gasteiger partial charge in [0.05, 0.1) is 12.8 Å². The number of nitrogens with one attached hydrogen (secondary N) is 1. The number of benzene rings is 2. The van der Waals surface area contributed by atoms with Crippen molar-refractivity contribution in [2.75, 3.05) is 12.8 Å². The van der Waals surface area contributed by atoms with Gasteiger partial charge in [-0.25, -0.2) is 5.01 Å². The molecule has 146 valence electrons. The highest BCUT2D eigenvalue weighted by atomic mass is 32.2. The van der Waals surface area contributed by atoms with E-state index in [1.54, 1.807) is 22.9 Å². The Kier molecular flexibility index (Phi) is 4.39. The molecule has 5 rings (SSSR count). The first-order chi connectivity index (χ1) is 14.1. The van der Waals surface area contributed by atoms with Gasteiger partial charge in [0.2, 0.25) is 5.91 Å². The summed E-state index contributed by atoms with van der Waals surface area (Å²) in [5.41, 5.74) is 4.09. The van der Waals surface area contributed by atoms with Crippen molar-refractivity contribution in [3.05, 3.63) is 65.4 Å². The van der Waals surface area contributed by atoms with Gasteiger partial charge in [-0.3, -0.25) is 9.59 Å². The van der Waals surface area contributed by atoms with E-state index in [-0.39, 0.29) is 18.4 Å². The summed E-state index contributed by atoms with van der Waals surface area (Å²) in [5, 5.41) is 6.77. The molecule has 2 aromatic carbocycles. The molecular formula is C22H20N4O2S. The fraction of sp³-hybridized carbons (Fsp3) is 0.227. The molecule has 1 fully saturated rings. The van der Waals surface area contributed by atoms with Gasteiger partial charge in [-0.05, 0) is 35.6 Å². The van der Waals surface area contributed by atoms with Crippen molar-refractivity contribution in [2.24, 2.45) is 5.10 Å². The number of amides is 2. The molecule has 7 heteroatoms. The molecule has 2 amide bonds. The minimum atomic E-state index is -0.501. The van der Waals surface area contributed by atoms with E-state index in [2.05, 4.69) is 16.2 Å². The largest absolute Gasteiger partial charge is 0.357 e. The zero-order valence-corrected chi connectivity index (χ0v) is 16.8. The second-order valence-corrected chi connectivity index (χ2v) is 8.16. The van der Waals surface area contributed by atoms with Crippen LogP contribution in [-0.2, 0) is 22.6 Å². The van der Waals surface area contributed by atoms with Crippen LogP contribution < -0.4 is 0 Å². The number of aromatic nitrogens is 1. The molecule has 0 aliphatic carbocycles. The first-order valence-corrected chi connectivity index (χ1v) is 10.7. The molecule has 29 heavy (non-hydrogen) atoms. The average molecular weight is 404 g/mol. The topological polar surface area (TPSA) is 68.8 Å². The van der Waals surface area contributed by atoms with Crippen molar-refractivity contribution in [3.8, 4) is 0 Å². The predicted molar refractivity (Wildman–Crippen MR) is 114 cm³/mol. The zero-order valence-electron chi connectivity index (χ0n) is 16.0. The Morgan fingerprint density at radius 2 is 1.90 bits per heavy atom. The van der Waals surface area contributed by atoms with E-state index in [0.29, 0.717) is 13.0 Å². The van der Waals surface area contributed by atoms with Gasteiger partial charge < -0.3 is 9.88 Å². The number of carbonyl (C=O) groups excluding carboxylic acids is 2. The maximum atomic E-state index is 13.1. The van der Waals surface area contributed by atoms with Gasteiger partial charge in [0.25, 0.3) is 5.91 Å². The number of H-pyrrole nitrogens is 1. The van der Waals surface area contributed by atoms with E-state index in [9.17, 15) is 9.59 Å². The number of fused-ring (bicyclic) bond motifs is 4. The van der Waals surface area contributed by atoms with Crippen LogP contribution in [0.15, 0.2) is 58.5 Å². The van der Waals surface area contributed by atoms with Gasteiger partial charge >= 0.3 is 0 Å². The predicted octanol–water partition coefficient (Wildman–Crippen LogP) is 3.02. The average Bonchev–Trinajstić information content (AvgIpc) is 3.12. The van der Waals surface area contributed by atoms with Crippen LogP contribution in [0.2, 0.25) is 0 Å². The van der Waals surface area contributed by atoms with Crippen LogP contribution in [0.25, 0.3) is 10.9 Å². The third-order valence-electron chi connectivity index (χ3n) is 5.61. The summed E-state index contributed by atoms with van der Waals surface area (Å²) in [7, 11) is 0. The fourth-order valence-corrected chi connectivity index (χ4v) is 4.49. The molecule has 0 saturated carbocycles. The van der Waals surface area contributed by atoms with Crippen molar-refractivity contribution in [1.82, 2.24) is 14.9 Å². The van der Waals surface area contributed by atoms with Gasteiger partial charge in [0.15, 0.2) is 0 Å². The molecule has 6 nitrogen and oxygen atoms in total. The van der Waals surface area contributed by atoms with E-state index >= 15 is 0 Å². The second kappa shape index (κ2) is 7.08. The number of piperazine rings is 1.